The van der Waals surface area contributed by atoms with Gasteiger partial charge in [-0.3, -0.25) is 0 Å². The minimum absolute atomic E-state index is 0.0187. The molecular weight excluding hydrogens is 200 g/mol. The van der Waals surface area contributed by atoms with Crippen LogP contribution in [0.15, 0.2) is 18.2 Å². The Morgan fingerprint density at radius 1 is 1.13 bits per heavy atom. The van der Waals surface area contributed by atoms with Crippen LogP contribution in [0.3, 0.4) is 0 Å². The van der Waals surface area contributed by atoms with E-state index in [1.807, 2.05) is 0 Å². The fourth-order valence-electron chi connectivity index (χ4n) is 1.08. The zero-order chi connectivity index (χ0) is 11.4. The first-order chi connectivity index (χ1) is 7.08. The normalized spacial score (nSPS) is 9.47. The summed E-state index contributed by atoms with van der Waals surface area (Å²) in [5.74, 6) is -1.43. The maximum atomic E-state index is 11.2. The fourth-order valence-corrected chi connectivity index (χ4v) is 1.08. The van der Waals surface area contributed by atoms with E-state index in [-0.39, 0.29) is 11.1 Å². The van der Waals surface area contributed by atoms with Crippen LogP contribution in [0, 0.1) is 0 Å². The Balaban J connectivity index is 3.23. The summed E-state index contributed by atoms with van der Waals surface area (Å²) >= 11 is 0. The number of rotatable bonds is 3. The molecule has 15 heavy (non-hydrogen) atoms. The SMILES string of the molecule is COC(=O)c1cc(OC)cc(C(=O)O)c1. The van der Waals surface area contributed by atoms with Gasteiger partial charge in [-0.25, -0.2) is 9.59 Å². The maximum absolute atomic E-state index is 11.2. The molecule has 0 aliphatic heterocycles. The monoisotopic (exact) mass is 210 g/mol. The number of esters is 1. The molecule has 5 nitrogen and oxygen atoms in total. The first-order valence-electron chi connectivity index (χ1n) is 4.09. The average molecular weight is 210 g/mol. The van der Waals surface area contributed by atoms with Crippen molar-refractivity contribution in [2.24, 2.45) is 0 Å². The van der Waals surface area contributed by atoms with E-state index < -0.39 is 11.9 Å². The Kier molecular flexibility index (Phi) is 3.28. The number of methoxy groups -OCH3 is 2. The van der Waals surface area contributed by atoms with Crippen molar-refractivity contribution in [1.29, 1.82) is 0 Å². The summed E-state index contributed by atoms with van der Waals surface area (Å²) in [7, 11) is 2.62. The number of carbonyl (C=O) groups excluding carboxylic acids is 1. The van der Waals surface area contributed by atoms with Crippen LogP contribution in [0.4, 0.5) is 0 Å². The Bertz CT molecular complexity index is 397. The highest BCUT2D eigenvalue weighted by molar-refractivity contribution is 5.95. The lowest BCUT2D eigenvalue weighted by Gasteiger charge is -2.05. The van der Waals surface area contributed by atoms with Crippen LogP contribution in [0.1, 0.15) is 20.7 Å². The molecule has 0 saturated heterocycles. The van der Waals surface area contributed by atoms with Gasteiger partial charge in [0.25, 0.3) is 0 Å². The van der Waals surface area contributed by atoms with Crippen molar-refractivity contribution in [2.45, 2.75) is 0 Å². The standard InChI is InChI=1S/C10H10O5/c1-14-8-4-6(9(11)12)3-7(5-8)10(13)15-2/h3-5H,1-2H3,(H,11,12). The summed E-state index contributed by atoms with van der Waals surface area (Å²) in [6.45, 7) is 0. The molecular formula is C10H10O5. The molecule has 0 radical (unpaired) electrons. The molecule has 0 saturated carbocycles. The molecule has 1 N–H and O–H groups in total. The van der Waals surface area contributed by atoms with Gasteiger partial charge in [-0.1, -0.05) is 0 Å². The number of carbonyl (C=O) groups is 2. The lowest BCUT2D eigenvalue weighted by Crippen LogP contribution is -2.05. The first-order valence-corrected chi connectivity index (χ1v) is 4.09. The Hall–Kier alpha value is -2.04. The van der Waals surface area contributed by atoms with Crippen molar-refractivity contribution >= 4 is 11.9 Å². The smallest absolute Gasteiger partial charge is 0.338 e. The molecule has 0 spiro atoms. The van der Waals surface area contributed by atoms with E-state index in [2.05, 4.69) is 4.74 Å². The highest BCUT2D eigenvalue weighted by atomic mass is 16.5. The molecule has 0 heterocycles. The van der Waals surface area contributed by atoms with Gasteiger partial charge >= 0.3 is 11.9 Å². The van der Waals surface area contributed by atoms with Gasteiger partial charge in [0, 0.05) is 0 Å². The van der Waals surface area contributed by atoms with Crippen molar-refractivity contribution in [3.8, 4) is 5.75 Å². The minimum Gasteiger partial charge on any atom is -0.497 e. The first kappa shape index (κ1) is 11.0. The Labute approximate surface area is 86.2 Å². The summed E-state index contributed by atoms with van der Waals surface area (Å²) in [6, 6.07) is 3.98. The lowest BCUT2D eigenvalue weighted by atomic mass is 10.1. The molecule has 1 rings (SSSR count). The van der Waals surface area contributed by atoms with Gasteiger partial charge in [-0.05, 0) is 18.2 Å². The van der Waals surface area contributed by atoms with Gasteiger partial charge in [0.05, 0.1) is 25.3 Å². The summed E-state index contributed by atoms with van der Waals surface area (Å²) in [5, 5.41) is 8.78. The van der Waals surface area contributed by atoms with Gasteiger partial charge in [-0.2, -0.15) is 0 Å². The molecule has 0 atom stereocenters. The van der Waals surface area contributed by atoms with E-state index in [1.54, 1.807) is 0 Å². The van der Waals surface area contributed by atoms with E-state index in [9.17, 15) is 9.59 Å². The van der Waals surface area contributed by atoms with Crippen molar-refractivity contribution in [3.05, 3.63) is 29.3 Å². The highest BCUT2D eigenvalue weighted by Gasteiger charge is 2.12. The van der Waals surface area contributed by atoms with Crippen LogP contribution < -0.4 is 4.74 Å². The van der Waals surface area contributed by atoms with Gasteiger partial charge < -0.3 is 14.6 Å². The van der Waals surface area contributed by atoms with Crippen LogP contribution in [-0.2, 0) is 4.74 Å². The number of hydrogen-bond donors (Lipinski definition) is 1. The molecule has 0 bridgehead atoms. The minimum atomic E-state index is -1.13. The predicted molar refractivity (Wildman–Crippen MR) is 51.3 cm³/mol. The number of carboxylic acid groups (broad SMARTS) is 1. The number of ether oxygens (including phenoxy) is 2. The second-order valence-corrected chi connectivity index (χ2v) is 2.75. The van der Waals surface area contributed by atoms with Crippen LogP contribution in [0.2, 0.25) is 0 Å². The molecule has 80 valence electrons. The second kappa shape index (κ2) is 4.45. The van der Waals surface area contributed by atoms with Crippen molar-refractivity contribution in [1.82, 2.24) is 0 Å². The van der Waals surface area contributed by atoms with E-state index >= 15 is 0 Å². The maximum Gasteiger partial charge on any atom is 0.338 e. The summed E-state index contributed by atoms with van der Waals surface area (Å²) in [6.07, 6.45) is 0. The number of benzene rings is 1. The van der Waals surface area contributed by atoms with Crippen molar-refractivity contribution in [3.63, 3.8) is 0 Å². The van der Waals surface area contributed by atoms with Gasteiger partial charge in [-0.15, -0.1) is 0 Å². The van der Waals surface area contributed by atoms with E-state index in [0.29, 0.717) is 5.75 Å². The average Bonchev–Trinajstić information content (AvgIpc) is 2.27. The Morgan fingerprint density at radius 3 is 2.20 bits per heavy atom. The van der Waals surface area contributed by atoms with Crippen LogP contribution >= 0.6 is 0 Å². The van der Waals surface area contributed by atoms with Crippen LogP contribution in [0.25, 0.3) is 0 Å². The zero-order valence-electron chi connectivity index (χ0n) is 8.31. The quantitative estimate of drug-likeness (QED) is 0.758. The topological polar surface area (TPSA) is 72.8 Å². The van der Waals surface area contributed by atoms with E-state index in [0.717, 1.165) is 0 Å². The fraction of sp³-hybridized carbons (Fsp3) is 0.200. The molecule has 1 aromatic rings. The molecule has 0 fully saturated rings. The van der Waals surface area contributed by atoms with Gasteiger partial charge in [0.1, 0.15) is 5.75 Å². The second-order valence-electron chi connectivity index (χ2n) is 2.75. The van der Waals surface area contributed by atoms with E-state index in [1.165, 1.54) is 32.4 Å². The Morgan fingerprint density at radius 2 is 1.73 bits per heavy atom. The number of hydrogen-bond acceptors (Lipinski definition) is 4. The van der Waals surface area contributed by atoms with E-state index in [4.69, 9.17) is 9.84 Å². The molecule has 0 aromatic heterocycles. The number of carboxylic acids is 1. The third-order valence-electron chi connectivity index (χ3n) is 1.81. The molecule has 0 aliphatic carbocycles. The van der Waals surface area contributed by atoms with Gasteiger partial charge in [0.15, 0.2) is 0 Å². The summed E-state index contributed by atoms with van der Waals surface area (Å²) in [4.78, 5) is 21.9. The third kappa shape index (κ3) is 2.46. The van der Waals surface area contributed by atoms with Gasteiger partial charge in [0.2, 0.25) is 0 Å². The van der Waals surface area contributed by atoms with Crippen molar-refractivity contribution < 1.29 is 24.2 Å². The third-order valence-corrected chi connectivity index (χ3v) is 1.81. The van der Waals surface area contributed by atoms with Crippen LogP contribution in [0.5, 0.6) is 5.75 Å². The highest BCUT2D eigenvalue weighted by Crippen LogP contribution is 2.17. The molecule has 0 unspecified atom stereocenters. The zero-order valence-corrected chi connectivity index (χ0v) is 8.31. The van der Waals surface area contributed by atoms with Crippen LogP contribution in [-0.4, -0.2) is 31.3 Å². The summed E-state index contributed by atoms with van der Waals surface area (Å²) < 4.78 is 9.35. The number of aromatic carboxylic acids is 1. The van der Waals surface area contributed by atoms with Crippen molar-refractivity contribution in [2.75, 3.05) is 14.2 Å². The molecule has 1 aromatic carbocycles. The lowest BCUT2D eigenvalue weighted by molar-refractivity contribution is 0.0600. The molecule has 0 amide bonds. The predicted octanol–water partition coefficient (Wildman–Crippen LogP) is 1.18. The largest absolute Gasteiger partial charge is 0.497 e. The molecule has 5 heteroatoms. The summed E-state index contributed by atoms with van der Waals surface area (Å²) in [5.41, 5.74) is 0.129. The molecule has 0 aliphatic rings.